The van der Waals surface area contributed by atoms with Gasteiger partial charge in [-0.1, -0.05) is 71.7 Å². The number of phenols is 1. The Morgan fingerprint density at radius 2 is 1.48 bits per heavy atom. The normalized spacial score (nSPS) is 12.5. The first-order chi connectivity index (χ1) is 12.3. The Bertz CT molecular complexity index is 833. The molecule has 148 valence electrons. The van der Waals surface area contributed by atoms with Crippen molar-refractivity contribution in [3.63, 3.8) is 0 Å². The third kappa shape index (κ3) is 4.35. The van der Waals surface area contributed by atoms with Crippen LogP contribution in [0.5, 0.6) is 5.75 Å². The highest BCUT2D eigenvalue weighted by molar-refractivity contribution is 6.37. The van der Waals surface area contributed by atoms with Crippen molar-refractivity contribution in [1.29, 1.82) is 0 Å². The molecule has 2 rings (SSSR count). The molecule has 1 aromatic heterocycles. The van der Waals surface area contributed by atoms with E-state index in [2.05, 4.69) is 0 Å². The minimum atomic E-state index is -0.310. The molecule has 27 heavy (non-hydrogen) atoms. The van der Waals surface area contributed by atoms with Crippen molar-refractivity contribution in [2.75, 3.05) is 0 Å². The van der Waals surface area contributed by atoms with Crippen molar-refractivity contribution in [2.45, 2.75) is 72.3 Å². The van der Waals surface area contributed by atoms with Gasteiger partial charge in [-0.05, 0) is 35.4 Å². The number of benzene rings is 1. The second kappa shape index (κ2) is 7.52. The number of phenolic OH excluding ortho intramolecular Hbond substituents is 1. The fourth-order valence-corrected chi connectivity index (χ4v) is 3.79. The Kier molecular flexibility index (Phi) is 6.08. The van der Waals surface area contributed by atoms with Gasteiger partial charge in [-0.3, -0.25) is 4.79 Å². The van der Waals surface area contributed by atoms with Gasteiger partial charge in [0.15, 0.2) is 5.78 Å². The summed E-state index contributed by atoms with van der Waals surface area (Å²) in [6.07, 6.45) is 0.864. The maximum absolute atomic E-state index is 13.3. The molecule has 0 amide bonds. The van der Waals surface area contributed by atoms with Crippen LogP contribution >= 0.6 is 23.2 Å². The summed E-state index contributed by atoms with van der Waals surface area (Å²) in [5.41, 5.74) is 1.77. The first kappa shape index (κ1) is 21.8. The lowest BCUT2D eigenvalue weighted by Gasteiger charge is -2.28. The number of aromatic hydroxyl groups is 1. The molecule has 0 aliphatic carbocycles. The highest BCUT2D eigenvalue weighted by Gasteiger charge is 2.29. The molecule has 1 heterocycles. The van der Waals surface area contributed by atoms with Crippen LogP contribution in [0.25, 0.3) is 0 Å². The standard InChI is InChI=1S/C22H29Cl2NO2/c1-8-9-25-17(23)12-14(20(25)24)18(26)13-10-15(21(2,3)4)19(27)16(11-13)22(5,6)7/h10-12,27H,8-9H2,1-7H3. The van der Waals surface area contributed by atoms with Crippen LogP contribution in [-0.4, -0.2) is 15.5 Å². The fourth-order valence-electron chi connectivity index (χ4n) is 3.15. The third-order valence-corrected chi connectivity index (χ3v) is 5.38. The zero-order valence-electron chi connectivity index (χ0n) is 17.2. The molecule has 3 nitrogen and oxygen atoms in total. The monoisotopic (exact) mass is 409 g/mol. The summed E-state index contributed by atoms with van der Waals surface area (Å²) in [4.78, 5) is 13.3. The van der Waals surface area contributed by atoms with Crippen molar-refractivity contribution in [1.82, 2.24) is 4.57 Å². The predicted molar refractivity (Wildman–Crippen MR) is 114 cm³/mol. The summed E-state index contributed by atoms with van der Waals surface area (Å²) in [5, 5.41) is 11.7. The van der Waals surface area contributed by atoms with Gasteiger partial charge >= 0.3 is 0 Å². The van der Waals surface area contributed by atoms with E-state index in [1.807, 2.05) is 48.5 Å². The molecule has 0 aliphatic heterocycles. The van der Waals surface area contributed by atoms with Gasteiger partial charge in [-0.25, -0.2) is 0 Å². The van der Waals surface area contributed by atoms with Crippen LogP contribution in [0.1, 0.15) is 81.9 Å². The van der Waals surface area contributed by atoms with Crippen LogP contribution < -0.4 is 0 Å². The third-order valence-electron chi connectivity index (χ3n) is 4.66. The summed E-state index contributed by atoms with van der Waals surface area (Å²) >= 11 is 12.7. The highest BCUT2D eigenvalue weighted by atomic mass is 35.5. The lowest BCUT2D eigenvalue weighted by molar-refractivity contribution is 0.103. The minimum absolute atomic E-state index is 0.187. The van der Waals surface area contributed by atoms with Crippen LogP contribution in [-0.2, 0) is 17.4 Å². The van der Waals surface area contributed by atoms with E-state index in [1.54, 1.807) is 22.8 Å². The van der Waals surface area contributed by atoms with Gasteiger partial charge in [0.25, 0.3) is 0 Å². The van der Waals surface area contributed by atoms with Gasteiger partial charge < -0.3 is 9.67 Å². The molecule has 5 heteroatoms. The van der Waals surface area contributed by atoms with Gasteiger partial charge in [0.2, 0.25) is 0 Å². The van der Waals surface area contributed by atoms with E-state index in [0.717, 1.165) is 17.5 Å². The number of carbonyl (C=O) groups is 1. The average molecular weight is 410 g/mol. The van der Waals surface area contributed by atoms with Crippen LogP contribution in [0.3, 0.4) is 0 Å². The lowest BCUT2D eigenvalue weighted by atomic mass is 9.78. The summed E-state index contributed by atoms with van der Waals surface area (Å²) in [6, 6.07) is 5.17. The maximum Gasteiger partial charge on any atom is 0.196 e. The highest BCUT2D eigenvalue weighted by Crippen LogP contribution is 2.40. The fraction of sp³-hybridized carbons (Fsp3) is 0.500. The molecule has 0 fully saturated rings. The topological polar surface area (TPSA) is 42.2 Å². The Hall–Kier alpha value is -1.45. The Balaban J connectivity index is 2.69. The van der Waals surface area contributed by atoms with E-state index < -0.39 is 0 Å². The van der Waals surface area contributed by atoms with E-state index in [4.69, 9.17) is 23.2 Å². The van der Waals surface area contributed by atoms with E-state index in [1.165, 1.54) is 0 Å². The second-order valence-electron chi connectivity index (χ2n) is 9.07. The zero-order valence-corrected chi connectivity index (χ0v) is 18.7. The number of carbonyl (C=O) groups excluding carboxylic acids is 1. The van der Waals surface area contributed by atoms with Gasteiger partial charge in [0.1, 0.15) is 16.1 Å². The van der Waals surface area contributed by atoms with E-state index in [-0.39, 0.29) is 22.4 Å². The van der Waals surface area contributed by atoms with Crippen LogP contribution in [0, 0.1) is 0 Å². The van der Waals surface area contributed by atoms with Gasteiger partial charge in [-0.2, -0.15) is 0 Å². The Morgan fingerprint density at radius 3 is 1.89 bits per heavy atom. The molecule has 1 aromatic carbocycles. The van der Waals surface area contributed by atoms with Crippen LogP contribution in [0.15, 0.2) is 18.2 Å². The minimum Gasteiger partial charge on any atom is -0.507 e. The number of nitrogens with zero attached hydrogens (tertiary/aromatic N) is 1. The number of ketones is 1. The first-order valence-electron chi connectivity index (χ1n) is 9.26. The number of hydrogen-bond donors (Lipinski definition) is 1. The molecule has 0 saturated carbocycles. The van der Waals surface area contributed by atoms with Gasteiger partial charge in [0.05, 0.1) is 5.56 Å². The summed E-state index contributed by atoms with van der Waals surface area (Å²) in [6.45, 7) is 14.8. The SMILES string of the molecule is CCCn1c(Cl)cc(C(=O)c2cc(C(C)(C)C)c(O)c(C(C)(C)C)c2)c1Cl. The van der Waals surface area contributed by atoms with Crippen molar-refractivity contribution >= 4 is 29.0 Å². The molecule has 0 bridgehead atoms. The van der Waals surface area contributed by atoms with E-state index in [0.29, 0.717) is 28.0 Å². The molecule has 0 unspecified atom stereocenters. The van der Waals surface area contributed by atoms with Gasteiger partial charge in [-0.15, -0.1) is 0 Å². The first-order valence-corrected chi connectivity index (χ1v) is 10.0. The molecule has 2 aromatic rings. The quantitative estimate of drug-likeness (QED) is 0.568. The average Bonchev–Trinajstić information content (AvgIpc) is 2.80. The summed E-state index contributed by atoms with van der Waals surface area (Å²) in [7, 11) is 0. The second-order valence-corrected chi connectivity index (χ2v) is 9.82. The molecule has 1 N–H and O–H groups in total. The summed E-state index contributed by atoms with van der Waals surface area (Å²) < 4.78 is 1.74. The molecular weight excluding hydrogens is 381 g/mol. The number of halogens is 2. The van der Waals surface area contributed by atoms with Gasteiger partial charge in [0, 0.05) is 23.2 Å². The maximum atomic E-state index is 13.3. The Labute approximate surface area is 172 Å². The van der Waals surface area contributed by atoms with Crippen LogP contribution in [0.4, 0.5) is 0 Å². The summed E-state index contributed by atoms with van der Waals surface area (Å²) in [5.74, 6) is 0.0620. The van der Waals surface area contributed by atoms with Crippen molar-refractivity contribution < 1.29 is 9.90 Å². The van der Waals surface area contributed by atoms with Crippen LogP contribution in [0.2, 0.25) is 10.3 Å². The van der Waals surface area contributed by atoms with E-state index >= 15 is 0 Å². The van der Waals surface area contributed by atoms with Crippen molar-refractivity contribution in [3.8, 4) is 5.75 Å². The zero-order chi connectivity index (χ0) is 20.7. The Morgan fingerprint density at radius 1 is 1.00 bits per heavy atom. The predicted octanol–water partition coefficient (Wildman–Crippen LogP) is 6.74. The molecule has 0 aliphatic rings. The number of rotatable bonds is 4. The molecule has 0 atom stereocenters. The molecule has 0 saturated heterocycles. The van der Waals surface area contributed by atoms with Crippen molar-refractivity contribution in [3.05, 3.63) is 50.8 Å². The van der Waals surface area contributed by atoms with E-state index in [9.17, 15) is 9.90 Å². The smallest absolute Gasteiger partial charge is 0.196 e. The largest absolute Gasteiger partial charge is 0.507 e. The molecular formula is C22H29Cl2NO2. The number of aromatic nitrogens is 1. The molecule has 0 spiro atoms. The lowest BCUT2D eigenvalue weighted by Crippen LogP contribution is -2.19. The number of hydrogen-bond acceptors (Lipinski definition) is 2. The molecule has 0 radical (unpaired) electrons. The van der Waals surface area contributed by atoms with Crippen molar-refractivity contribution in [2.24, 2.45) is 0 Å².